The lowest BCUT2D eigenvalue weighted by molar-refractivity contribution is -0.120. The molecular formula is C15H22N4O3. The molecule has 0 saturated carbocycles. The third-order valence-electron chi connectivity index (χ3n) is 3.81. The van der Waals surface area contributed by atoms with Gasteiger partial charge in [0.15, 0.2) is 5.65 Å². The zero-order valence-electron chi connectivity index (χ0n) is 13.1. The van der Waals surface area contributed by atoms with Crippen molar-refractivity contribution in [2.75, 3.05) is 13.2 Å². The van der Waals surface area contributed by atoms with Crippen molar-refractivity contribution in [2.45, 2.75) is 33.6 Å². The molecule has 7 nitrogen and oxygen atoms in total. The molecule has 0 aromatic carbocycles. The van der Waals surface area contributed by atoms with E-state index in [4.69, 9.17) is 5.11 Å². The number of H-pyrrole nitrogens is 1. The van der Waals surface area contributed by atoms with Crippen molar-refractivity contribution in [1.29, 1.82) is 0 Å². The zero-order chi connectivity index (χ0) is 16.3. The third kappa shape index (κ3) is 3.54. The van der Waals surface area contributed by atoms with E-state index < -0.39 is 0 Å². The maximum absolute atomic E-state index is 12.1. The van der Waals surface area contributed by atoms with Crippen LogP contribution in [-0.4, -0.2) is 38.8 Å². The number of nitrogens with zero attached hydrogens (tertiary/aromatic N) is 2. The predicted octanol–water partition coefficient (Wildman–Crippen LogP) is 0.317. The van der Waals surface area contributed by atoms with Crippen molar-refractivity contribution in [2.24, 2.45) is 5.92 Å². The molecular weight excluding hydrogens is 284 g/mol. The van der Waals surface area contributed by atoms with Gasteiger partial charge < -0.3 is 10.4 Å². The highest BCUT2D eigenvalue weighted by Gasteiger charge is 2.14. The van der Waals surface area contributed by atoms with Gasteiger partial charge in [0.2, 0.25) is 5.91 Å². The van der Waals surface area contributed by atoms with Crippen LogP contribution < -0.4 is 10.9 Å². The first-order valence-electron chi connectivity index (χ1n) is 7.37. The highest BCUT2D eigenvalue weighted by molar-refractivity contribution is 5.79. The van der Waals surface area contributed by atoms with Crippen molar-refractivity contribution in [3.8, 4) is 0 Å². The van der Waals surface area contributed by atoms with Gasteiger partial charge in [-0.1, -0.05) is 6.92 Å². The Hall–Kier alpha value is -2.15. The second-order valence-corrected chi connectivity index (χ2v) is 5.67. The van der Waals surface area contributed by atoms with Crippen LogP contribution in [0.2, 0.25) is 0 Å². The standard InChI is InChI=1S/C15H22N4O3/c1-9(4-5-20)8-16-14(21)6-12-10(2)17-13-7-15(22)18-19(13)11(12)3/h7,9,20H,4-6,8H2,1-3H3,(H,16,21)(H,18,22). The van der Waals surface area contributed by atoms with Crippen molar-refractivity contribution in [3.05, 3.63) is 33.4 Å². The molecule has 0 fully saturated rings. The number of fused-ring (bicyclic) bond motifs is 1. The molecule has 1 atom stereocenters. The van der Waals surface area contributed by atoms with E-state index in [9.17, 15) is 9.59 Å². The van der Waals surface area contributed by atoms with E-state index in [-0.39, 0.29) is 30.4 Å². The summed E-state index contributed by atoms with van der Waals surface area (Å²) in [5.41, 5.74) is 2.71. The van der Waals surface area contributed by atoms with E-state index in [1.54, 1.807) is 4.52 Å². The lowest BCUT2D eigenvalue weighted by atomic mass is 10.1. The molecule has 2 aromatic heterocycles. The molecule has 0 radical (unpaired) electrons. The van der Waals surface area contributed by atoms with Gasteiger partial charge in [0.25, 0.3) is 5.56 Å². The van der Waals surface area contributed by atoms with Crippen LogP contribution in [0.3, 0.4) is 0 Å². The molecule has 0 aliphatic rings. The van der Waals surface area contributed by atoms with Crippen LogP contribution >= 0.6 is 0 Å². The number of carbonyl (C=O) groups excluding carboxylic acids is 1. The molecule has 0 spiro atoms. The lowest BCUT2D eigenvalue weighted by Gasteiger charge is -2.13. The topological polar surface area (TPSA) is 99.5 Å². The summed E-state index contributed by atoms with van der Waals surface area (Å²) in [4.78, 5) is 27.8. The number of aliphatic hydroxyl groups is 1. The maximum atomic E-state index is 12.1. The Labute approximate surface area is 128 Å². The molecule has 0 aliphatic carbocycles. The maximum Gasteiger partial charge on any atom is 0.266 e. The molecule has 2 rings (SSSR count). The highest BCUT2D eigenvalue weighted by atomic mass is 16.3. The summed E-state index contributed by atoms with van der Waals surface area (Å²) in [5.74, 6) is 0.143. The number of amides is 1. The summed E-state index contributed by atoms with van der Waals surface area (Å²) in [6, 6.07) is 1.43. The minimum Gasteiger partial charge on any atom is -0.396 e. The fourth-order valence-electron chi connectivity index (χ4n) is 2.44. The van der Waals surface area contributed by atoms with E-state index >= 15 is 0 Å². The second-order valence-electron chi connectivity index (χ2n) is 5.67. The zero-order valence-corrected chi connectivity index (χ0v) is 13.1. The number of aliphatic hydroxyl groups excluding tert-OH is 1. The van der Waals surface area contributed by atoms with Crippen LogP contribution in [0.5, 0.6) is 0 Å². The van der Waals surface area contributed by atoms with Crippen LogP contribution in [-0.2, 0) is 11.2 Å². The van der Waals surface area contributed by atoms with Crippen LogP contribution in [0.1, 0.15) is 30.3 Å². The fraction of sp³-hybridized carbons (Fsp3) is 0.533. The van der Waals surface area contributed by atoms with Gasteiger partial charge in [-0.3, -0.25) is 14.7 Å². The van der Waals surface area contributed by atoms with Gasteiger partial charge in [0.05, 0.1) is 6.42 Å². The van der Waals surface area contributed by atoms with Gasteiger partial charge in [0, 0.05) is 36.2 Å². The minimum atomic E-state index is -0.213. The third-order valence-corrected chi connectivity index (χ3v) is 3.81. The summed E-state index contributed by atoms with van der Waals surface area (Å²) < 4.78 is 1.60. The lowest BCUT2D eigenvalue weighted by Crippen LogP contribution is -2.30. The molecule has 2 heterocycles. The molecule has 22 heavy (non-hydrogen) atoms. The van der Waals surface area contributed by atoms with Gasteiger partial charge in [-0.25, -0.2) is 9.50 Å². The van der Waals surface area contributed by atoms with Crippen LogP contribution in [0, 0.1) is 19.8 Å². The van der Waals surface area contributed by atoms with Crippen molar-refractivity contribution in [1.82, 2.24) is 19.9 Å². The molecule has 0 bridgehead atoms. The van der Waals surface area contributed by atoms with Crippen molar-refractivity contribution < 1.29 is 9.90 Å². The molecule has 7 heteroatoms. The van der Waals surface area contributed by atoms with E-state index in [0.717, 1.165) is 17.0 Å². The van der Waals surface area contributed by atoms with Gasteiger partial charge >= 0.3 is 0 Å². The summed E-state index contributed by atoms with van der Waals surface area (Å²) in [5, 5.41) is 14.4. The Morgan fingerprint density at radius 3 is 2.91 bits per heavy atom. The SMILES string of the molecule is Cc1nc2cc(=O)[nH]n2c(C)c1CC(=O)NCC(C)CCO. The Kier molecular flexibility index (Phi) is 4.97. The number of hydrogen-bond acceptors (Lipinski definition) is 4. The predicted molar refractivity (Wildman–Crippen MR) is 82.9 cm³/mol. The average molecular weight is 306 g/mol. The Bertz CT molecular complexity index is 732. The summed E-state index contributed by atoms with van der Waals surface area (Å²) >= 11 is 0. The number of carbonyl (C=O) groups is 1. The van der Waals surface area contributed by atoms with Crippen LogP contribution in [0.4, 0.5) is 0 Å². The molecule has 120 valence electrons. The summed E-state index contributed by atoms with van der Waals surface area (Å²) in [7, 11) is 0. The fourth-order valence-corrected chi connectivity index (χ4v) is 2.44. The van der Waals surface area contributed by atoms with E-state index in [1.807, 2.05) is 20.8 Å². The van der Waals surface area contributed by atoms with E-state index in [2.05, 4.69) is 15.4 Å². The number of aryl methyl sites for hydroxylation is 2. The first-order chi connectivity index (χ1) is 10.4. The number of nitrogens with one attached hydrogen (secondary N) is 2. The van der Waals surface area contributed by atoms with E-state index in [0.29, 0.717) is 18.6 Å². The quantitative estimate of drug-likeness (QED) is 0.715. The van der Waals surface area contributed by atoms with Gasteiger partial charge in [-0.15, -0.1) is 0 Å². The monoisotopic (exact) mass is 306 g/mol. The molecule has 1 unspecified atom stereocenters. The number of rotatable bonds is 6. The normalized spacial score (nSPS) is 12.5. The minimum absolute atomic E-state index is 0.0911. The molecule has 0 saturated heterocycles. The van der Waals surface area contributed by atoms with Gasteiger partial charge in [0.1, 0.15) is 0 Å². The number of aromatic nitrogens is 3. The van der Waals surface area contributed by atoms with Crippen molar-refractivity contribution in [3.63, 3.8) is 0 Å². The molecule has 0 aliphatic heterocycles. The second kappa shape index (κ2) is 6.74. The largest absolute Gasteiger partial charge is 0.396 e. The van der Waals surface area contributed by atoms with Gasteiger partial charge in [-0.05, 0) is 26.2 Å². The first kappa shape index (κ1) is 16.2. The van der Waals surface area contributed by atoms with Crippen LogP contribution in [0.15, 0.2) is 10.9 Å². The van der Waals surface area contributed by atoms with Gasteiger partial charge in [-0.2, -0.15) is 0 Å². The smallest absolute Gasteiger partial charge is 0.266 e. The van der Waals surface area contributed by atoms with E-state index in [1.165, 1.54) is 6.07 Å². The highest BCUT2D eigenvalue weighted by Crippen LogP contribution is 2.13. The molecule has 1 amide bonds. The Morgan fingerprint density at radius 2 is 2.23 bits per heavy atom. The molecule has 3 N–H and O–H groups in total. The first-order valence-corrected chi connectivity index (χ1v) is 7.37. The number of aromatic amines is 1. The molecule has 2 aromatic rings. The van der Waals surface area contributed by atoms with Crippen LogP contribution in [0.25, 0.3) is 5.65 Å². The average Bonchev–Trinajstić information content (AvgIpc) is 2.82. The summed E-state index contributed by atoms with van der Waals surface area (Å²) in [6.45, 7) is 6.33. The summed E-state index contributed by atoms with van der Waals surface area (Å²) in [6.07, 6.45) is 0.878. The van der Waals surface area contributed by atoms with Crippen molar-refractivity contribution >= 4 is 11.6 Å². The Balaban J connectivity index is 2.14. The Morgan fingerprint density at radius 1 is 1.50 bits per heavy atom. The number of hydrogen-bond donors (Lipinski definition) is 3.